The molecule has 2 nitrogen and oxygen atoms in total. The van der Waals surface area contributed by atoms with Crippen LogP contribution >= 0.6 is 0 Å². The van der Waals surface area contributed by atoms with Gasteiger partial charge in [-0.15, -0.1) is 0 Å². The van der Waals surface area contributed by atoms with E-state index in [1.165, 1.54) is 69.4 Å². The fourth-order valence-electron chi connectivity index (χ4n) is 5.80. The standard InChI is InChI=1S/C27H31N2/c1-6-8-13-27(7-2)16-29-15-19(5)28-25-22-14-17(3)9-11-20(22)21-12-10-18(4)24(27)23(21)26(25)29/h9-12,14-15H,6-8,13,16H2,1-5H3/q+1. The molecular weight excluding hydrogens is 352 g/mol. The number of benzene rings is 3. The van der Waals surface area contributed by atoms with Gasteiger partial charge in [-0.05, 0) is 61.6 Å². The van der Waals surface area contributed by atoms with Crippen molar-refractivity contribution in [2.24, 2.45) is 0 Å². The minimum atomic E-state index is 0.205. The molecule has 0 spiro atoms. The van der Waals surface area contributed by atoms with E-state index in [4.69, 9.17) is 4.98 Å². The van der Waals surface area contributed by atoms with Crippen molar-refractivity contribution >= 4 is 32.6 Å². The highest BCUT2D eigenvalue weighted by Gasteiger charge is 2.42. The third-order valence-corrected chi connectivity index (χ3v) is 7.20. The fraction of sp³-hybridized carbons (Fsp3) is 0.407. The summed E-state index contributed by atoms with van der Waals surface area (Å²) in [5.74, 6) is 0. The Hall–Kier alpha value is -2.48. The molecule has 1 unspecified atom stereocenters. The minimum absolute atomic E-state index is 0.205. The summed E-state index contributed by atoms with van der Waals surface area (Å²) in [7, 11) is 0. The second kappa shape index (κ2) is 6.52. The van der Waals surface area contributed by atoms with Gasteiger partial charge >= 0.3 is 0 Å². The smallest absolute Gasteiger partial charge is 0.240 e. The molecule has 0 N–H and O–H groups in total. The summed E-state index contributed by atoms with van der Waals surface area (Å²) in [6.45, 7) is 12.4. The number of hydrogen-bond acceptors (Lipinski definition) is 1. The number of unbranched alkanes of at least 4 members (excludes halogenated alkanes) is 1. The van der Waals surface area contributed by atoms with E-state index in [9.17, 15) is 0 Å². The molecule has 0 amide bonds. The Kier molecular flexibility index (Phi) is 4.17. The van der Waals surface area contributed by atoms with Crippen LogP contribution in [0.4, 0.5) is 0 Å². The SMILES string of the molecule is CCCCC1(CC)C[n+]2cc(C)nc3c4cc(C)ccc4c4ccc(C)c1c4c32. The molecule has 1 atom stereocenters. The largest absolute Gasteiger partial charge is 0.240 e. The Morgan fingerprint density at radius 3 is 2.55 bits per heavy atom. The Labute approximate surface area is 173 Å². The van der Waals surface area contributed by atoms with Gasteiger partial charge in [0, 0.05) is 5.39 Å². The quantitative estimate of drug-likeness (QED) is 0.286. The summed E-state index contributed by atoms with van der Waals surface area (Å²) in [4.78, 5) is 5.08. The third kappa shape index (κ3) is 2.54. The van der Waals surface area contributed by atoms with E-state index in [1.807, 2.05) is 0 Å². The molecule has 0 radical (unpaired) electrons. The molecule has 0 bridgehead atoms. The second-order valence-corrected chi connectivity index (χ2v) is 9.17. The fourth-order valence-corrected chi connectivity index (χ4v) is 5.80. The monoisotopic (exact) mass is 383 g/mol. The number of aryl methyl sites for hydroxylation is 3. The van der Waals surface area contributed by atoms with Gasteiger partial charge in [-0.1, -0.05) is 56.5 Å². The number of rotatable bonds is 4. The number of aromatic nitrogens is 2. The van der Waals surface area contributed by atoms with Crippen LogP contribution in [-0.4, -0.2) is 4.98 Å². The van der Waals surface area contributed by atoms with Crippen molar-refractivity contribution in [3.05, 3.63) is 58.9 Å². The van der Waals surface area contributed by atoms with Crippen LogP contribution in [0.1, 0.15) is 61.9 Å². The summed E-state index contributed by atoms with van der Waals surface area (Å²) in [5.41, 5.74) is 8.14. The summed E-state index contributed by atoms with van der Waals surface area (Å²) >= 11 is 0. The van der Waals surface area contributed by atoms with E-state index >= 15 is 0 Å². The van der Waals surface area contributed by atoms with Gasteiger partial charge in [-0.3, -0.25) is 0 Å². The molecule has 1 aliphatic heterocycles. The molecule has 1 aliphatic rings. The number of hydrogen-bond donors (Lipinski definition) is 0. The molecule has 0 saturated carbocycles. The summed E-state index contributed by atoms with van der Waals surface area (Å²) in [6.07, 6.45) is 7.23. The van der Waals surface area contributed by atoms with Gasteiger partial charge in [0.15, 0.2) is 12.7 Å². The van der Waals surface area contributed by atoms with Gasteiger partial charge in [-0.25, -0.2) is 4.98 Å². The van der Waals surface area contributed by atoms with Crippen LogP contribution in [0.3, 0.4) is 0 Å². The van der Waals surface area contributed by atoms with Crippen molar-refractivity contribution in [1.82, 2.24) is 4.98 Å². The lowest BCUT2D eigenvalue weighted by Crippen LogP contribution is -2.50. The third-order valence-electron chi connectivity index (χ3n) is 7.20. The van der Waals surface area contributed by atoms with Crippen LogP contribution in [0.2, 0.25) is 0 Å². The van der Waals surface area contributed by atoms with Crippen LogP contribution < -0.4 is 4.57 Å². The van der Waals surface area contributed by atoms with Gasteiger partial charge < -0.3 is 0 Å². The molecule has 0 fully saturated rings. The highest BCUT2D eigenvalue weighted by molar-refractivity contribution is 6.23. The Morgan fingerprint density at radius 1 is 1.00 bits per heavy atom. The van der Waals surface area contributed by atoms with Crippen molar-refractivity contribution in [3.8, 4) is 0 Å². The predicted molar refractivity (Wildman–Crippen MR) is 123 cm³/mol. The summed E-state index contributed by atoms with van der Waals surface area (Å²) in [5, 5.41) is 5.47. The van der Waals surface area contributed by atoms with Crippen LogP contribution in [-0.2, 0) is 12.0 Å². The average Bonchev–Trinajstić information content (AvgIpc) is 2.71. The van der Waals surface area contributed by atoms with Crippen LogP contribution in [0.25, 0.3) is 32.6 Å². The zero-order valence-corrected chi connectivity index (χ0v) is 18.4. The minimum Gasteiger partial charge on any atom is -0.240 e. The molecule has 5 rings (SSSR count). The van der Waals surface area contributed by atoms with Gasteiger partial charge in [0.1, 0.15) is 11.2 Å². The van der Waals surface area contributed by atoms with Crippen LogP contribution in [0.15, 0.2) is 36.5 Å². The van der Waals surface area contributed by atoms with E-state index in [2.05, 4.69) is 75.7 Å². The van der Waals surface area contributed by atoms with Crippen LogP contribution in [0.5, 0.6) is 0 Å². The topological polar surface area (TPSA) is 16.8 Å². The van der Waals surface area contributed by atoms with Crippen molar-refractivity contribution < 1.29 is 4.57 Å². The van der Waals surface area contributed by atoms with Gasteiger partial charge in [0.25, 0.3) is 0 Å². The summed E-state index contributed by atoms with van der Waals surface area (Å²) < 4.78 is 2.54. The molecule has 2 heteroatoms. The van der Waals surface area contributed by atoms with E-state index in [0.717, 1.165) is 12.2 Å². The van der Waals surface area contributed by atoms with E-state index < -0.39 is 0 Å². The molecule has 4 aromatic rings. The predicted octanol–water partition coefficient (Wildman–Crippen LogP) is 6.61. The molecule has 0 saturated heterocycles. The molecule has 3 aromatic carbocycles. The molecule has 2 heterocycles. The maximum atomic E-state index is 5.08. The van der Waals surface area contributed by atoms with Gasteiger partial charge in [-0.2, -0.15) is 4.57 Å². The van der Waals surface area contributed by atoms with E-state index in [0.29, 0.717) is 0 Å². The molecule has 0 aliphatic carbocycles. The van der Waals surface area contributed by atoms with Crippen molar-refractivity contribution in [1.29, 1.82) is 0 Å². The summed E-state index contributed by atoms with van der Waals surface area (Å²) in [6, 6.07) is 11.6. The Bertz CT molecular complexity index is 1280. The molecular formula is C27H31N2+. The Morgan fingerprint density at radius 2 is 1.79 bits per heavy atom. The maximum absolute atomic E-state index is 5.08. The first kappa shape index (κ1) is 18.5. The van der Waals surface area contributed by atoms with Crippen molar-refractivity contribution in [3.63, 3.8) is 0 Å². The molecule has 148 valence electrons. The molecule has 29 heavy (non-hydrogen) atoms. The first-order chi connectivity index (χ1) is 14.0. The first-order valence-electron chi connectivity index (χ1n) is 11.2. The van der Waals surface area contributed by atoms with Crippen molar-refractivity contribution in [2.45, 2.75) is 72.3 Å². The lowest BCUT2D eigenvalue weighted by molar-refractivity contribution is -0.682. The maximum Gasteiger partial charge on any atom is 0.240 e. The van der Waals surface area contributed by atoms with Crippen molar-refractivity contribution in [2.75, 3.05) is 0 Å². The lowest BCUT2D eigenvalue weighted by atomic mass is 9.68. The first-order valence-corrected chi connectivity index (χ1v) is 11.2. The van der Waals surface area contributed by atoms with E-state index in [-0.39, 0.29) is 5.41 Å². The second-order valence-electron chi connectivity index (χ2n) is 9.17. The zero-order chi connectivity index (χ0) is 20.3. The number of fused-ring (bicyclic) bond motifs is 3. The lowest BCUT2D eigenvalue weighted by Gasteiger charge is -2.36. The normalized spacial score (nSPS) is 18.4. The molecule has 1 aromatic heterocycles. The highest BCUT2D eigenvalue weighted by Crippen LogP contribution is 2.46. The van der Waals surface area contributed by atoms with E-state index in [1.54, 1.807) is 5.56 Å². The number of nitrogens with zero attached hydrogens (tertiary/aromatic N) is 2. The highest BCUT2D eigenvalue weighted by atomic mass is 15.0. The van der Waals surface area contributed by atoms with Crippen LogP contribution in [0, 0.1) is 20.8 Å². The average molecular weight is 384 g/mol. The Balaban J connectivity index is 2.06. The van der Waals surface area contributed by atoms with Gasteiger partial charge in [0.05, 0.1) is 10.8 Å². The van der Waals surface area contributed by atoms with Gasteiger partial charge in [0.2, 0.25) is 5.52 Å². The zero-order valence-electron chi connectivity index (χ0n) is 18.4.